The second kappa shape index (κ2) is 6.02. The standard InChI is InChI=1S/C17H15ClN4O/c18-15-3-1-2-13(6-15)8-21-9-14-7-16(22-10-19-20-11-22)4-5-17(14)23-12-21/h1-7,10-11H,8-9,12H2. The molecule has 0 radical (unpaired) electrons. The van der Waals surface area contributed by atoms with Crippen LogP contribution in [0.4, 0.5) is 0 Å². The maximum absolute atomic E-state index is 6.06. The van der Waals surface area contributed by atoms with Gasteiger partial charge in [0.05, 0.1) is 0 Å². The van der Waals surface area contributed by atoms with Gasteiger partial charge in [0.1, 0.15) is 25.1 Å². The number of nitrogens with zero attached hydrogens (tertiary/aromatic N) is 4. The molecule has 1 aliphatic rings. The molecule has 0 N–H and O–H groups in total. The number of fused-ring (bicyclic) bond motifs is 1. The fraction of sp³-hybridized carbons (Fsp3) is 0.176. The number of benzene rings is 2. The van der Waals surface area contributed by atoms with Crippen LogP contribution in [-0.4, -0.2) is 26.4 Å². The first-order valence-electron chi connectivity index (χ1n) is 7.35. The first-order chi connectivity index (χ1) is 11.3. The minimum atomic E-state index is 0.575. The third kappa shape index (κ3) is 3.06. The zero-order valence-corrected chi connectivity index (χ0v) is 13.1. The van der Waals surface area contributed by atoms with Crippen LogP contribution in [0.3, 0.4) is 0 Å². The molecule has 116 valence electrons. The number of ether oxygens (including phenoxy) is 1. The van der Waals surface area contributed by atoms with Crippen molar-refractivity contribution in [3.63, 3.8) is 0 Å². The van der Waals surface area contributed by atoms with Gasteiger partial charge in [-0.05, 0) is 35.9 Å². The monoisotopic (exact) mass is 326 g/mol. The molecule has 0 saturated heterocycles. The van der Waals surface area contributed by atoms with E-state index in [2.05, 4.69) is 27.2 Å². The molecule has 2 heterocycles. The summed E-state index contributed by atoms with van der Waals surface area (Å²) in [6.07, 6.45) is 3.38. The predicted octanol–water partition coefficient (Wildman–Crippen LogP) is 3.27. The van der Waals surface area contributed by atoms with Gasteiger partial charge in [-0.15, -0.1) is 10.2 Å². The summed E-state index contributed by atoms with van der Waals surface area (Å²) in [5, 5.41) is 8.46. The molecule has 0 spiro atoms. The molecule has 0 amide bonds. The van der Waals surface area contributed by atoms with Crippen molar-refractivity contribution < 1.29 is 4.74 Å². The molecular weight excluding hydrogens is 312 g/mol. The van der Waals surface area contributed by atoms with Gasteiger partial charge in [0.15, 0.2) is 0 Å². The smallest absolute Gasteiger partial charge is 0.142 e. The van der Waals surface area contributed by atoms with E-state index < -0.39 is 0 Å². The van der Waals surface area contributed by atoms with Crippen molar-refractivity contribution in [2.24, 2.45) is 0 Å². The molecule has 1 aromatic heterocycles. The van der Waals surface area contributed by atoms with Crippen LogP contribution >= 0.6 is 11.6 Å². The quantitative estimate of drug-likeness (QED) is 0.741. The largest absolute Gasteiger partial charge is 0.478 e. The molecule has 0 fully saturated rings. The van der Waals surface area contributed by atoms with E-state index in [-0.39, 0.29) is 0 Å². The number of halogens is 1. The van der Waals surface area contributed by atoms with Gasteiger partial charge >= 0.3 is 0 Å². The summed E-state index contributed by atoms with van der Waals surface area (Å²) >= 11 is 6.06. The summed E-state index contributed by atoms with van der Waals surface area (Å²) in [5.41, 5.74) is 3.37. The second-order valence-corrected chi connectivity index (χ2v) is 5.99. The summed E-state index contributed by atoms with van der Waals surface area (Å²) in [6, 6.07) is 14.1. The minimum absolute atomic E-state index is 0.575. The van der Waals surface area contributed by atoms with Crippen molar-refractivity contribution in [3.8, 4) is 11.4 Å². The van der Waals surface area contributed by atoms with E-state index in [0.717, 1.165) is 35.1 Å². The Balaban J connectivity index is 1.55. The van der Waals surface area contributed by atoms with Gasteiger partial charge in [0.2, 0.25) is 0 Å². The van der Waals surface area contributed by atoms with Crippen LogP contribution in [0.25, 0.3) is 5.69 Å². The first kappa shape index (κ1) is 14.2. The lowest BCUT2D eigenvalue weighted by Gasteiger charge is -2.29. The van der Waals surface area contributed by atoms with Gasteiger partial charge in [0, 0.05) is 29.4 Å². The summed E-state index contributed by atoms with van der Waals surface area (Å²) < 4.78 is 7.75. The molecule has 0 saturated carbocycles. The maximum atomic E-state index is 6.06. The van der Waals surface area contributed by atoms with E-state index in [1.807, 2.05) is 34.9 Å². The van der Waals surface area contributed by atoms with E-state index in [1.165, 1.54) is 5.56 Å². The SMILES string of the molecule is Clc1cccc(CN2COc3ccc(-n4cnnc4)cc3C2)c1. The van der Waals surface area contributed by atoms with E-state index in [4.69, 9.17) is 16.3 Å². The number of rotatable bonds is 3. The predicted molar refractivity (Wildman–Crippen MR) is 87.6 cm³/mol. The molecule has 6 heteroatoms. The highest BCUT2D eigenvalue weighted by Gasteiger charge is 2.18. The lowest BCUT2D eigenvalue weighted by atomic mass is 10.1. The van der Waals surface area contributed by atoms with Gasteiger partial charge < -0.3 is 4.74 Å². The molecule has 0 aliphatic carbocycles. The Hall–Kier alpha value is -2.37. The Morgan fingerprint density at radius 3 is 2.78 bits per heavy atom. The third-order valence-corrected chi connectivity index (χ3v) is 4.09. The average Bonchev–Trinajstić information content (AvgIpc) is 3.09. The lowest BCUT2D eigenvalue weighted by molar-refractivity contribution is 0.0887. The highest BCUT2D eigenvalue weighted by atomic mass is 35.5. The zero-order chi connectivity index (χ0) is 15.6. The molecule has 1 aliphatic heterocycles. The van der Waals surface area contributed by atoms with Crippen LogP contribution in [0, 0.1) is 0 Å². The van der Waals surface area contributed by atoms with E-state index >= 15 is 0 Å². The fourth-order valence-corrected chi connectivity index (χ4v) is 2.98. The fourth-order valence-electron chi connectivity index (χ4n) is 2.77. The molecule has 0 unspecified atom stereocenters. The Kier molecular flexibility index (Phi) is 3.73. The van der Waals surface area contributed by atoms with E-state index in [1.54, 1.807) is 12.7 Å². The van der Waals surface area contributed by atoms with E-state index in [0.29, 0.717) is 6.73 Å². The van der Waals surface area contributed by atoms with Crippen molar-refractivity contribution in [2.75, 3.05) is 6.73 Å². The van der Waals surface area contributed by atoms with Crippen molar-refractivity contribution in [1.82, 2.24) is 19.7 Å². The van der Waals surface area contributed by atoms with Crippen LogP contribution in [0.2, 0.25) is 5.02 Å². The topological polar surface area (TPSA) is 43.2 Å². The van der Waals surface area contributed by atoms with Crippen LogP contribution in [0.1, 0.15) is 11.1 Å². The highest BCUT2D eigenvalue weighted by Crippen LogP contribution is 2.28. The van der Waals surface area contributed by atoms with Crippen LogP contribution in [0.15, 0.2) is 55.1 Å². The Labute approximate surface area is 139 Å². The molecule has 0 atom stereocenters. The molecule has 2 aromatic carbocycles. The van der Waals surface area contributed by atoms with Gasteiger partial charge in [0.25, 0.3) is 0 Å². The third-order valence-electron chi connectivity index (χ3n) is 3.85. The number of hydrogen-bond donors (Lipinski definition) is 0. The zero-order valence-electron chi connectivity index (χ0n) is 12.4. The Morgan fingerprint density at radius 2 is 1.96 bits per heavy atom. The van der Waals surface area contributed by atoms with Gasteiger partial charge in [-0.25, -0.2) is 0 Å². The normalized spacial score (nSPS) is 14.3. The summed E-state index contributed by atoms with van der Waals surface area (Å²) in [5.74, 6) is 0.934. The molecule has 23 heavy (non-hydrogen) atoms. The molecule has 3 aromatic rings. The van der Waals surface area contributed by atoms with E-state index in [9.17, 15) is 0 Å². The van der Waals surface area contributed by atoms with Crippen LogP contribution in [-0.2, 0) is 13.1 Å². The average molecular weight is 327 g/mol. The van der Waals surface area contributed by atoms with Gasteiger partial charge in [-0.2, -0.15) is 0 Å². The van der Waals surface area contributed by atoms with Crippen molar-refractivity contribution in [1.29, 1.82) is 0 Å². The second-order valence-electron chi connectivity index (χ2n) is 5.55. The Bertz CT molecular complexity index is 819. The summed E-state index contributed by atoms with van der Waals surface area (Å²) in [7, 11) is 0. The Morgan fingerprint density at radius 1 is 1.09 bits per heavy atom. The van der Waals surface area contributed by atoms with Gasteiger partial charge in [-0.1, -0.05) is 23.7 Å². The van der Waals surface area contributed by atoms with Crippen molar-refractivity contribution in [3.05, 3.63) is 71.3 Å². The molecule has 5 nitrogen and oxygen atoms in total. The summed E-state index contributed by atoms with van der Waals surface area (Å²) in [6.45, 7) is 2.21. The summed E-state index contributed by atoms with van der Waals surface area (Å²) in [4.78, 5) is 2.24. The highest BCUT2D eigenvalue weighted by molar-refractivity contribution is 6.30. The number of aromatic nitrogens is 3. The first-order valence-corrected chi connectivity index (χ1v) is 7.73. The molecular formula is C17H15ClN4O. The van der Waals surface area contributed by atoms with Gasteiger partial charge in [-0.3, -0.25) is 9.47 Å². The van der Waals surface area contributed by atoms with Crippen molar-refractivity contribution >= 4 is 11.6 Å². The van der Waals surface area contributed by atoms with Crippen LogP contribution < -0.4 is 4.74 Å². The van der Waals surface area contributed by atoms with Crippen LogP contribution in [0.5, 0.6) is 5.75 Å². The minimum Gasteiger partial charge on any atom is -0.478 e. The maximum Gasteiger partial charge on any atom is 0.142 e. The van der Waals surface area contributed by atoms with Crippen molar-refractivity contribution in [2.45, 2.75) is 13.1 Å². The molecule has 0 bridgehead atoms. The number of hydrogen-bond acceptors (Lipinski definition) is 4. The lowest BCUT2D eigenvalue weighted by Crippen LogP contribution is -2.31. The molecule has 4 rings (SSSR count).